The Morgan fingerprint density at radius 3 is 2.48 bits per heavy atom. The van der Waals surface area contributed by atoms with Crippen LogP contribution in [0.2, 0.25) is 0 Å². The average molecular weight is 308 g/mol. The van der Waals surface area contributed by atoms with Gasteiger partial charge in [0.25, 0.3) is 0 Å². The van der Waals surface area contributed by atoms with Gasteiger partial charge in [0.1, 0.15) is 0 Å². The zero-order valence-electron chi connectivity index (χ0n) is 13.9. The highest BCUT2D eigenvalue weighted by atomic mass is 32.1. The lowest BCUT2D eigenvalue weighted by Crippen LogP contribution is -2.49. The van der Waals surface area contributed by atoms with Crippen molar-refractivity contribution in [2.75, 3.05) is 6.54 Å². The highest BCUT2D eigenvalue weighted by Gasteiger charge is 2.43. The zero-order valence-corrected chi connectivity index (χ0v) is 14.7. The van der Waals surface area contributed by atoms with Crippen molar-refractivity contribution in [3.05, 3.63) is 15.6 Å². The molecule has 3 heterocycles. The van der Waals surface area contributed by atoms with Crippen molar-refractivity contribution in [1.29, 1.82) is 0 Å². The highest BCUT2D eigenvalue weighted by Crippen LogP contribution is 2.43. The van der Waals surface area contributed by atoms with Crippen molar-refractivity contribution in [1.82, 2.24) is 15.2 Å². The first-order chi connectivity index (χ1) is 10.1. The highest BCUT2D eigenvalue weighted by molar-refractivity contribution is 7.11. The van der Waals surface area contributed by atoms with Gasteiger partial charge in [0.15, 0.2) is 0 Å². The SMILES string of the molecule is CCCNC1CC2CCC(C1)N2C(C)c1sc(C)nc1C. The summed E-state index contributed by atoms with van der Waals surface area (Å²) in [6.07, 6.45) is 6.67. The standard InChI is InChI=1S/C17H29N3S/c1-5-8-18-14-9-15-6-7-16(10-14)20(15)12(3)17-11(2)19-13(4)21-17/h12,14-16,18H,5-10H2,1-4H3. The van der Waals surface area contributed by atoms with Crippen LogP contribution < -0.4 is 5.32 Å². The molecular weight excluding hydrogens is 278 g/mol. The van der Waals surface area contributed by atoms with Gasteiger partial charge in [0.05, 0.1) is 10.7 Å². The molecule has 1 aromatic heterocycles. The van der Waals surface area contributed by atoms with Crippen LogP contribution in [0.5, 0.6) is 0 Å². The predicted octanol–water partition coefficient (Wildman–Crippen LogP) is 3.82. The van der Waals surface area contributed by atoms with Crippen molar-refractivity contribution >= 4 is 11.3 Å². The van der Waals surface area contributed by atoms with Crippen LogP contribution in [-0.2, 0) is 0 Å². The molecule has 3 nitrogen and oxygen atoms in total. The molecule has 118 valence electrons. The number of nitrogens with one attached hydrogen (secondary N) is 1. The van der Waals surface area contributed by atoms with Gasteiger partial charge in [-0.3, -0.25) is 4.90 Å². The smallest absolute Gasteiger partial charge is 0.0900 e. The number of fused-ring (bicyclic) bond motifs is 2. The molecule has 0 spiro atoms. The van der Waals surface area contributed by atoms with Crippen LogP contribution in [0.15, 0.2) is 0 Å². The fraction of sp³-hybridized carbons (Fsp3) is 0.824. The molecule has 21 heavy (non-hydrogen) atoms. The lowest BCUT2D eigenvalue weighted by Gasteiger charge is -2.42. The van der Waals surface area contributed by atoms with Gasteiger partial charge in [-0.25, -0.2) is 4.98 Å². The lowest BCUT2D eigenvalue weighted by atomic mass is 9.95. The van der Waals surface area contributed by atoms with E-state index in [0.717, 1.165) is 18.1 Å². The maximum absolute atomic E-state index is 4.63. The average Bonchev–Trinajstić information content (AvgIpc) is 2.92. The largest absolute Gasteiger partial charge is 0.314 e. The minimum absolute atomic E-state index is 0.542. The van der Waals surface area contributed by atoms with Crippen LogP contribution in [0.4, 0.5) is 0 Å². The van der Waals surface area contributed by atoms with E-state index >= 15 is 0 Å². The van der Waals surface area contributed by atoms with Gasteiger partial charge in [-0.15, -0.1) is 11.3 Å². The monoisotopic (exact) mass is 307 g/mol. The molecule has 3 rings (SSSR count). The van der Waals surface area contributed by atoms with Crippen LogP contribution >= 0.6 is 11.3 Å². The second-order valence-electron chi connectivity index (χ2n) is 6.81. The molecule has 3 atom stereocenters. The molecule has 0 radical (unpaired) electrons. The predicted molar refractivity (Wildman–Crippen MR) is 90.0 cm³/mol. The summed E-state index contributed by atoms with van der Waals surface area (Å²) >= 11 is 1.89. The summed E-state index contributed by atoms with van der Waals surface area (Å²) in [6, 6.07) is 2.83. The first-order valence-electron chi connectivity index (χ1n) is 8.54. The van der Waals surface area contributed by atoms with Crippen LogP contribution in [0.3, 0.4) is 0 Å². The van der Waals surface area contributed by atoms with Crippen molar-refractivity contribution < 1.29 is 0 Å². The molecule has 0 amide bonds. The molecular formula is C17H29N3S. The van der Waals surface area contributed by atoms with Gasteiger partial charge >= 0.3 is 0 Å². The van der Waals surface area contributed by atoms with Crippen molar-refractivity contribution in [2.24, 2.45) is 0 Å². The molecule has 1 N–H and O–H groups in total. The van der Waals surface area contributed by atoms with E-state index in [1.165, 1.54) is 54.2 Å². The molecule has 2 aliphatic rings. The topological polar surface area (TPSA) is 28.2 Å². The molecule has 2 aliphatic heterocycles. The Kier molecular flexibility index (Phi) is 4.67. The Bertz CT molecular complexity index is 470. The number of hydrogen-bond donors (Lipinski definition) is 1. The van der Waals surface area contributed by atoms with E-state index in [1.807, 2.05) is 11.3 Å². The molecule has 0 aromatic carbocycles. The van der Waals surface area contributed by atoms with E-state index in [9.17, 15) is 0 Å². The van der Waals surface area contributed by atoms with E-state index in [1.54, 1.807) is 0 Å². The third-order valence-corrected chi connectivity index (χ3v) is 6.48. The minimum atomic E-state index is 0.542. The van der Waals surface area contributed by atoms with Crippen molar-refractivity contribution in [2.45, 2.75) is 84.0 Å². The van der Waals surface area contributed by atoms with E-state index in [-0.39, 0.29) is 0 Å². The van der Waals surface area contributed by atoms with Crippen molar-refractivity contribution in [3.63, 3.8) is 0 Å². The van der Waals surface area contributed by atoms with E-state index in [4.69, 9.17) is 0 Å². The maximum Gasteiger partial charge on any atom is 0.0900 e. The number of thiazole rings is 1. The molecule has 1 aromatic rings. The third-order valence-electron chi connectivity index (χ3n) is 5.24. The molecule has 2 bridgehead atoms. The summed E-state index contributed by atoms with van der Waals surface area (Å²) in [5.41, 5.74) is 1.25. The Hall–Kier alpha value is -0.450. The summed E-state index contributed by atoms with van der Waals surface area (Å²) in [5, 5.41) is 4.96. The Labute approximate surface area is 133 Å². The molecule has 0 saturated carbocycles. The van der Waals surface area contributed by atoms with Gasteiger partial charge in [-0.1, -0.05) is 6.92 Å². The van der Waals surface area contributed by atoms with Gasteiger partial charge in [-0.05, 0) is 59.4 Å². The van der Waals surface area contributed by atoms with E-state index in [0.29, 0.717) is 6.04 Å². The second-order valence-corrected chi connectivity index (χ2v) is 8.05. The zero-order chi connectivity index (χ0) is 15.0. The van der Waals surface area contributed by atoms with Gasteiger partial charge in [0.2, 0.25) is 0 Å². The lowest BCUT2D eigenvalue weighted by molar-refractivity contribution is 0.0783. The van der Waals surface area contributed by atoms with Crippen molar-refractivity contribution in [3.8, 4) is 0 Å². The second kappa shape index (κ2) is 6.35. The normalized spacial score (nSPS) is 30.8. The van der Waals surface area contributed by atoms with Crippen LogP contribution in [0.1, 0.15) is 67.6 Å². The number of aryl methyl sites for hydroxylation is 2. The van der Waals surface area contributed by atoms with E-state index in [2.05, 4.69) is 42.9 Å². The van der Waals surface area contributed by atoms with Crippen LogP contribution in [0, 0.1) is 13.8 Å². The fourth-order valence-electron chi connectivity index (χ4n) is 4.43. The number of aromatic nitrogens is 1. The molecule has 0 aliphatic carbocycles. The number of piperidine rings is 1. The molecule has 2 saturated heterocycles. The first-order valence-corrected chi connectivity index (χ1v) is 9.36. The van der Waals surface area contributed by atoms with Crippen LogP contribution in [-0.4, -0.2) is 34.6 Å². The summed E-state index contributed by atoms with van der Waals surface area (Å²) in [5.74, 6) is 0. The summed E-state index contributed by atoms with van der Waals surface area (Å²) < 4.78 is 0. The van der Waals surface area contributed by atoms with Gasteiger partial charge in [-0.2, -0.15) is 0 Å². The molecule has 4 heteroatoms. The first kappa shape index (κ1) is 15.4. The van der Waals surface area contributed by atoms with Gasteiger partial charge in [0, 0.05) is 29.0 Å². The number of nitrogens with zero attached hydrogens (tertiary/aromatic N) is 2. The summed E-state index contributed by atoms with van der Waals surface area (Å²) in [7, 11) is 0. The van der Waals surface area contributed by atoms with E-state index < -0.39 is 0 Å². The minimum Gasteiger partial charge on any atom is -0.314 e. The summed E-state index contributed by atoms with van der Waals surface area (Å²) in [6.45, 7) is 10.1. The third kappa shape index (κ3) is 3.03. The number of rotatable bonds is 5. The van der Waals surface area contributed by atoms with Crippen LogP contribution in [0.25, 0.3) is 0 Å². The quantitative estimate of drug-likeness (QED) is 0.896. The molecule has 2 fully saturated rings. The van der Waals surface area contributed by atoms with Gasteiger partial charge < -0.3 is 5.32 Å². The Morgan fingerprint density at radius 2 is 1.95 bits per heavy atom. The Morgan fingerprint density at radius 1 is 1.29 bits per heavy atom. The summed E-state index contributed by atoms with van der Waals surface area (Å²) in [4.78, 5) is 8.93. The molecule has 3 unspecified atom stereocenters. The Balaban J connectivity index is 1.71. The maximum atomic E-state index is 4.63. The fourth-order valence-corrected chi connectivity index (χ4v) is 5.42. The number of hydrogen-bond acceptors (Lipinski definition) is 4.